The van der Waals surface area contributed by atoms with E-state index in [1.54, 1.807) is 0 Å². The summed E-state index contributed by atoms with van der Waals surface area (Å²) in [4.78, 5) is 2.76. The highest BCUT2D eigenvalue weighted by molar-refractivity contribution is 5.30. The van der Waals surface area contributed by atoms with Crippen LogP contribution in [0.5, 0.6) is 0 Å². The molecule has 3 nitrogen and oxygen atoms in total. The van der Waals surface area contributed by atoms with Gasteiger partial charge in [0.15, 0.2) is 0 Å². The van der Waals surface area contributed by atoms with E-state index < -0.39 is 0 Å². The van der Waals surface area contributed by atoms with E-state index in [0.717, 1.165) is 24.1 Å². The van der Waals surface area contributed by atoms with E-state index in [9.17, 15) is 0 Å². The van der Waals surface area contributed by atoms with Crippen molar-refractivity contribution in [3.05, 3.63) is 17.5 Å². The summed E-state index contributed by atoms with van der Waals surface area (Å²) in [6, 6.07) is 0.811. The lowest BCUT2D eigenvalue weighted by Crippen LogP contribution is -2.53. The molecule has 3 heteroatoms. The molecule has 2 aliphatic carbocycles. The van der Waals surface area contributed by atoms with Crippen molar-refractivity contribution in [2.45, 2.75) is 70.8 Å². The number of likely N-dealkylation sites (tertiary alicyclic amines) is 1. The number of fused-ring (bicyclic) bond motifs is 2. The van der Waals surface area contributed by atoms with Crippen molar-refractivity contribution in [2.24, 2.45) is 11.3 Å². The van der Waals surface area contributed by atoms with E-state index in [2.05, 4.69) is 30.8 Å². The van der Waals surface area contributed by atoms with Gasteiger partial charge in [0.05, 0.1) is 6.20 Å². The number of hydrogen-bond acceptors (Lipinski definition) is 3. The Hall–Kier alpha value is -0.830. The predicted molar refractivity (Wildman–Crippen MR) is 83.3 cm³/mol. The minimum absolute atomic E-state index is 0.134. The van der Waals surface area contributed by atoms with Crippen molar-refractivity contribution in [2.75, 3.05) is 13.1 Å². The average molecular weight is 288 g/mol. The smallest absolute Gasteiger partial charge is 0.145 e. The molecule has 21 heavy (non-hydrogen) atoms. The summed E-state index contributed by atoms with van der Waals surface area (Å²) in [6.45, 7) is 9.92. The molecule has 2 fully saturated rings. The molecule has 0 N–H and O–H groups in total. The lowest BCUT2D eigenvalue weighted by atomic mass is 9.51. The van der Waals surface area contributed by atoms with Gasteiger partial charge in [-0.1, -0.05) is 25.9 Å². The SMILES string of the molecule is CC1(C)c2oncc2C[C@]2(C)C[C@@H](N3CCCC3)CC[C@@H]12. The Balaban J connectivity index is 1.65. The van der Waals surface area contributed by atoms with Gasteiger partial charge in [0.2, 0.25) is 0 Å². The largest absolute Gasteiger partial charge is 0.361 e. The van der Waals surface area contributed by atoms with Gasteiger partial charge in [-0.3, -0.25) is 0 Å². The van der Waals surface area contributed by atoms with Gasteiger partial charge >= 0.3 is 0 Å². The highest BCUT2D eigenvalue weighted by atomic mass is 16.5. The van der Waals surface area contributed by atoms with Crippen molar-refractivity contribution >= 4 is 0 Å². The molecule has 4 rings (SSSR count). The number of aromatic nitrogens is 1. The molecule has 0 radical (unpaired) electrons. The summed E-state index contributed by atoms with van der Waals surface area (Å²) in [5.74, 6) is 1.88. The minimum Gasteiger partial charge on any atom is -0.361 e. The fourth-order valence-electron chi connectivity index (χ4n) is 5.85. The summed E-state index contributed by atoms with van der Waals surface area (Å²) in [5.41, 5.74) is 1.91. The molecule has 0 unspecified atom stereocenters. The van der Waals surface area contributed by atoms with E-state index >= 15 is 0 Å². The maximum Gasteiger partial charge on any atom is 0.145 e. The summed E-state index contributed by atoms with van der Waals surface area (Å²) >= 11 is 0. The van der Waals surface area contributed by atoms with Gasteiger partial charge < -0.3 is 9.42 Å². The minimum atomic E-state index is 0.134. The van der Waals surface area contributed by atoms with Gasteiger partial charge in [0, 0.05) is 17.0 Å². The molecule has 3 aliphatic rings. The number of hydrogen-bond donors (Lipinski definition) is 0. The monoisotopic (exact) mass is 288 g/mol. The second-order valence-electron chi connectivity index (χ2n) is 8.46. The Morgan fingerprint density at radius 1 is 1.19 bits per heavy atom. The van der Waals surface area contributed by atoms with Gasteiger partial charge in [-0.05, 0) is 62.9 Å². The Labute approximate surface area is 128 Å². The van der Waals surface area contributed by atoms with Crippen LogP contribution in [0.15, 0.2) is 10.7 Å². The highest BCUT2D eigenvalue weighted by Crippen LogP contribution is 2.57. The number of nitrogens with zero attached hydrogens (tertiary/aromatic N) is 2. The van der Waals surface area contributed by atoms with Crippen LogP contribution in [0.4, 0.5) is 0 Å². The van der Waals surface area contributed by atoms with Crippen molar-refractivity contribution in [1.29, 1.82) is 0 Å². The Morgan fingerprint density at radius 2 is 1.95 bits per heavy atom. The Kier molecular flexibility index (Phi) is 3.01. The van der Waals surface area contributed by atoms with Gasteiger partial charge in [-0.15, -0.1) is 0 Å². The third kappa shape index (κ3) is 2.00. The molecule has 1 saturated heterocycles. The van der Waals surface area contributed by atoms with Gasteiger partial charge in [0.25, 0.3) is 0 Å². The standard InChI is InChI=1S/C18H28N2O/c1-17(2)15-7-6-14(20-8-4-5-9-20)11-18(15,3)10-13-12-19-21-16(13)17/h12,14-15H,4-11H2,1-3H3/t14-,15-,18+/m0/s1. The second-order valence-corrected chi connectivity index (χ2v) is 8.46. The summed E-state index contributed by atoms with van der Waals surface area (Å²) < 4.78 is 5.63. The van der Waals surface area contributed by atoms with Crippen LogP contribution in [0.2, 0.25) is 0 Å². The molecule has 116 valence electrons. The molecule has 0 spiro atoms. The average Bonchev–Trinajstić information content (AvgIpc) is 3.07. The first-order chi connectivity index (χ1) is 10.0. The second kappa shape index (κ2) is 4.58. The van der Waals surface area contributed by atoms with Crippen LogP contribution in [-0.4, -0.2) is 29.2 Å². The first kappa shape index (κ1) is 13.8. The Bertz CT molecular complexity index is 529. The van der Waals surface area contributed by atoms with Gasteiger partial charge in [-0.2, -0.15) is 0 Å². The molecular formula is C18H28N2O. The first-order valence-corrected chi connectivity index (χ1v) is 8.69. The van der Waals surface area contributed by atoms with Crippen LogP contribution in [0.25, 0.3) is 0 Å². The van der Waals surface area contributed by atoms with Crippen molar-refractivity contribution < 1.29 is 4.52 Å². The van der Waals surface area contributed by atoms with Crippen molar-refractivity contribution in [3.63, 3.8) is 0 Å². The van der Waals surface area contributed by atoms with Crippen LogP contribution in [0, 0.1) is 11.3 Å². The molecule has 0 amide bonds. The predicted octanol–water partition coefficient (Wildman–Crippen LogP) is 3.78. The first-order valence-electron chi connectivity index (χ1n) is 8.69. The van der Waals surface area contributed by atoms with E-state index in [-0.39, 0.29) is 5.41 Å². The zero-order valence-corrected chi connectivity index (χ0v) is 13.7. The maximum atomic E-state index is 5.63. The fraction of sp³-hybridized carbons (Fsp3) is 0.833. The van der Waals surface area contributed by atoms with E-state index in [0.29, 0.717) is 5.41 Å². The maximum absolute atomic E-state index is 5.63. The molecule has 3 atom stereocenters. The van der Waals surface area contributed by atoms with E-state index in [4.69, 9.17) is 4.52 Å². The summed E-state index contributed by atoms with van der Waals surface area (Å²) in [6.07, 6.45) is 9.99. The van der Waals surface area contributed by atoms with Gasteiger partial charge in [0.1, 0.15) is 5.76 Å². The summed E-state index contributed by atoms with van der Waals surface area (Å²) in [7, 11) is 0. The molecular weight excluding hydrogens is 260 g/mol. The quantitative estimate of drug-likeness (QED) is 0.787. The zero-order chi connectivity index (χ0) is 14.7. The molecule has 1 aliphatic heterocycles. The van der Waals surface area contributed by atoms with E-state index in [1.807, 2.05) is 6.20 Å². The third-order valence-electron chi connectivity index (χ3n) is 6.68. The van der Waals surface area contributed by atoms with Crippen LogP contribution >= 0.6 is 0 Å². The van der Waals surface area contributed by atoms with Crippen molar-refractivity contribution in [1.82, 2.24) is 10.1 Å². The number of rotatable bonds is 1. The molecule has 1 aromatic heterocycles. The molecule has 2 heterocycles. The van der Waals surface area contributed by atoms with E-state index in [1.165, 1.54) is 50.8 Å². The molecule has 1 saturated carbocycles. The lowest BCUT2D eigenvalue weighted by Gasteiger charge is -2.55. The topological polar surface area (TPSA) is 29.3 Å². The summed E-state index contributed by atoms with van der Waals surface area (Å²) in [5, 5.41) is 4.10. The lowest BCUT2D eigenvalue weighted by molar-refractivity contribution is -0.0107. The molecule has 1 aromatic rings. The Morgan fingerprint density at radius 3 is 2.71 bits per heavy atom. The van der Waals surface area contributed by atoms with Crippen LogP contribution in [0.1, 0.15) is 64.2 Å². The van der Waals surface area contributed by atoms with Crippen LogP contribution in [0.3, 0.4) is 0 Å². The normalized spacial score (nSPS) is 39.0. The highest BCUT2D eigenvalue weighted by Gasteiger charge is 2.54. The third-order valence-corrected chi connectivity index (χ3v) is 6.68. The molecule has 0 bridgehead atoms. The van der Waals surface area contributed by atoms with Crippen LogP contribution < -0.4 is 0 Å². The molecule has 0 aromatic carbocycles. The van der Waals surface area contributed by atoms with Crippen LogP contribution in [-0.2, 0) is 11.8 Å². The van der Waals surface area contributed by atoms with Crippen molar-refractivity contribution in [3.8, 4) is 0 Å². The zero-order valence-electron chi connectivity index (χ0n) is 13.7. The van der Waals surface area contributed by atoms with Gasteiger partial charge in [-0.25, -0.2) is 0 Å². The fourth-order valence-corrected chi connectivity index (χ4v) is 5.85.